The molecule has 0 atom stereocenters. The van der Waals surface area contributed by atoms with Crippen molar-refractivity contribution in [2.75, 3.05) is 5.32 Å². The van der Waals surface area contributed by atoms with E-state index in [1.54, 1.807) is 31.2 Å². The van der Waals surface area contributed by atoms with Crippen molar-refractivity contribution >= 4 is 80.7 Å². The first-order chi connectivity index (χ1) is 18.7. The second-order valence-corrected chi connectivity index (χ2v) is 13.0. The molecule has 0 aliphatic carbocycles. The number of benzene rings is 4. The third-order valence-electron chi connectivity index (χ3n) is 6.09. The normalized spacial score (nSPS) is 11.5. The Bertz CT molecular complexity index is 2000. The van der Waals surface area contributed by atoms with Gasteiger partial charge < -0.3 is 16.0 Å². The number of nitrogens with zero attached hydrogens (tertiary/aromatic N) is 2. The summed E-state index contributed by atoms with van der Waals surface area (Å²) in [6, 6.07) is 23.8. The maximum absolute atomic E-state index is 12.5. The molecule has 6 rings (SSSR count). The van der Waals surface area contributed by atoms with Crippen LogP contribution in [0.2, 0.25) is 0 Å². The number of carbonyl (C=O) groups excluding carboxylic acids is 1. The third-order valence-corrected chi connectivity index (χ3v) is 9.98. The number of thiazole rings is 2. The molecule has 0 radical (unpaired) electrons. The summed E-state index contributed by atoms with van der Waals surface area (Å²) in [6.45, 7) is 1.61. The van der Waals surface area contributed by atoms with Crippen molar-refractivity contribution in [3.05, 3.63) is 94.5 Å². The van der Waals surface area contributed by atoms with Crippen molar-refractivity contribution in [2.45, 2.75) is 11.8 Å². The molecule has 1 amide bonds. The van der Waals surface area contributed by atoms with Crippen LogP contribution in [0.4, 0.5) is 5.69 Å². The van der Waals surface area contributed by atoms with E-state index in [0.29, 0.717) is 32.0 Å². The van der Waals surface area contributed by atoms with E-state index in [2.05, 4.69) is 26.2 Å². The molecule has 0 unspecified atom stereocenters. The van der Waals surface area contributed by atoms with Crippen LogP contribution in [0.3, 0.4) is 0 Å². The first-order valence-electron chi connectivity index (χ1n) is 11.6. The summed E-state index contributed by atoms with van der Waals surface area (Å²) in [4.78, 5) is 21.6. The molecule has 12 heteroatoms. The molecule has 8 nitrogen and oxygen atoms in total. The molecule has 0 saturated heterocycles. The number of aryl methyl sites for hydroxylation is 1. The van der Waals surface area contributed by atoms with Gasteiger partial charge in [0.1, 0.15) is 20.1 Å². The molecule has 5 N–H and O–H groups in total. The van der Waals surface area contributed by atoms with E-state index in [4.69, 9.17) is 4.98 Å². The summed E-state index contributed by atoms with van der Waals surface area (Å²) in [5.41, 5.74) is 4.70. The van der Waals surface area contributed by atoms with E-state index < -0.39 is 10.1 Å². The van der Waals surface area contributed by atoms with Gasteiger partial charge in [0.05, 0.1) is 25.3 Å². The highest BCUT2D eigenvalue weighted by molar-refractivity contribution is 9.10. The van der Waals surface area contributed by atoms with Crippen LogP contribution in [0.25, 0.3) is 41.6 Å². The summed E-state index contributed by atoms with van der Waals surface area (Å²) in [7, 11) is -4.63. The number of aromatic nitrogens is 2. The first-order valence-corrected chi connectivity index (χ1v) is 15.4. The molecule has 0 fully saturated rings. The van der Waals surface area contributed by atoms with E-state index in [-0.39, 0.29) is 17.0 Å². The lowest BCUT2D eigenvalue weighted by Gasteiger charge is -2.10. The molecule has 0 aliphatic rings. The minimum absolute atomic E-state index is 0. The van der Waals surface area contributed by atoms with E-state index >= 15 is 0 Å². The molecule has 4 aromatic carbocycles. The minimum Gasteiger partial charge on any atom is -0.744 e. The van der Waals surface area contributed by atoms with Gasteiger partial charge in [0, 0.05) is 26.9 Å². The molecule has 0 saturated carbocycles. The van der Waals surface area contributed by atoms with Gasteiger partial charge in [0.2, 0.25) is 0 Å². The van der Waals surface area contributed by atoms with Crippen LogP contribution < -0.4 is 11.5 Å². The molecule has 2 aromatic heterocycles. The number of hydrogen-bond acceptors (Lipinski definition) is 8. The Balaban J connectivity index is 0.00000323. The van der Waals surface area contributed by atoms with Gasteiger partial charge in [-0.3, -0.25) is 4.79 Å². The highest BCUT2D eigenvalue weighted by atomic mass is 79.9. The molecular formula is C28H21BrN4O4S3. The summed E-state index contributed by atoms with van der Waals surface area (Å²) in [5.74, 6) is -0.187. The maximum Gasteiger partial charge on any atom is 0.255 e. The van der Waals surface area contributed by atoms with Crippen LogP contribution >= 0.6 is 38.6 Å². The number of halogens is 1. The number of amides is 1. The van der Waals surface area contributed by atoms with Crippen molar-refractivity contribution in [3.63, 3.8) is 0 Å². The number of anilines is 1. The number of carbonyl (C=O) groups is 1. The Morgan fingerprint density at radius 3 is 2.17 bits per heavy atom. The fourth-order valence-electron chi connectivity index (χ4n) is 4.18. The Morgan fingerprint density at radius 2 is 1.48 bits per heavy atom. The second kappa shape index (κ2) is 10.8. The van der Waals surface area contributed by atoms with Crippen LogP contribution in [-0.2, 0) is 10.1 Å². The van der Waals surface area contributed by atoms with Crippen LogP contribution in [-0.4, -0.2) is 28.8 Å². The fraction of sp³-hybridized carbons (Fsp3) is 0.0357. The Labute approximate surface area is 246 Å². The second-order valence-electron chi connectivity index (χ2n) is 8.77. The molecule has 0 aliphatic heterocycles. The Kier molecular flexibility index (Phi) is 7.57. The van der Waals surface area contributed by atoms with Crippen molar-refractivity contribution < 1.29 is 17.8 Å². The molecular weight excluding hydrogens is 632 g/mol. The summed E-state index contributed by atoms with van der Waals surface area (Å²) >= 11 is 6.08. The van der Waals surface area contributed by atoms with Gasteiger partial charge >= 0.3 is 0 Å². The Morgan fingerprint density at radius 1 is 0.850 bits per heavy atom. The molecule has 0 spiro atoms. The predicted octanol–water partition coefficient (Wildman–Crippen LogP) is 7.84. The van der Waals surface area contributed by atoms with Gasteiger partial charge in [-0.1, -0.05) is 22.0 Å². The summed E-state index contributed by atoms with van der Waals surface area (Å²) in [5, 5.41) is 4.36. The SMILES string of the molecule is Cc1ccc2nc(-c3ccc4nc(-c5ccc(NC(=O)c6ccc(Br)cc6)cc5)sc4c3)sc2c1S(=O)(=O)[O-].[NH4+]. The van der Waals surface area contributed by atoms with Crippen molar-refractivity contribution in [2.24, 2.45) is 0 Å². The summed E-state index contributed by atoms with van der Waals surface area (Å²) < 4.78 is 37.8. The lowest BCUT2D eigenvalue weighted by atomic mass is 10.2. The number of nitrogens with one attached hydrogen (secondary N) is 1. The van der Waals surface area contributed by atoms with Gasteiger partial charge in [-0.05, 0) is 85.3 Å². The highest BCUT2D eigenvalue weighted by Crippen LogP contribution is 2.38. The standard InChI is InChI=1S/C28H18BrN3O4S3.H3N/c1-15-2-12-22-24(25(15)39(34,35)36)38-28(32-22)18-7-13-21-23(14-18)37-27(31-21)17-5-10-20(11-6-17)30-26(33)16-3-8-19(29)9-4-16;/h2-14H,1H3,(H,30,33)(H,34,35,36);1H3. The minimum atomic E-state index is -4.63. The van der Waals surface area contributed by atoms with Crippen molar-refractivity contribution in [1.82, 2.24) is 16.1 Å². The zero-order chi connectivity index (χ0) is 27.3. The van der Waals surface area contributed by atoms with Gasteiger partial charge in [0.25, 0.3) is 5.91 Å². The smallest absolute Gasteiger partial charge is 0.255 e. The van der Waals surface area contributed by atoms with Crippen molar-refractivity contribution in [3.8, 4) is 21.1 Å². The van der Waals surface area contributed by atoms with Gasteiger partial charge in [-0.25, -0.2) is 18.4 Å². The van der Waals surface area contributed by atoms with Crippen LogP contribution in [0.5, 0.6) is 0 Å². The average Bonchev–Trinajstić information content (AvgIpc) is 3.52. The number of rotatable bonds is 5. The number of quaternary nitrogens is 1. The molecule has 0 bridgehead atoms. The quantitative estimate of drug-likeness (QED) is 0.181. The maximum atomic E-state index is 12.5. The Hall–Kier alpha value is -3.52. The fourth-order valence-corrected chi connectivity index (χ4v) is 7.74. The molecule has 6 aromatic rings. The monoisotopic (exact) mass is 652 g/mol. The van der Waals surface area contributed by atoms with Gasteiger partial charge in [-0.15, -0.1) is 22.7 Å². The van der Waals surface area contributed by atoms with E-state index in [1.165, 1.54) is 22.7 Å². The predicted molar refractivity (Wildman–Crippen MR) is 164 cm³/mol. The zero-order valence-corrected chi connectivity index (χ0v) is 25.2. The number of hydrogen-bond donors (Lipinski definition) is 2. The topological polar surface area (TPSA) is 149 Å². The lowest BCUT2D eigenvalue weighted by molar-refractivity contribution is 0.102. The molecule has 40 heavy (non-hydrogen) atoms. The van der Waals surface area contributed by atoms with E-state index in [0.717, 1.165) is 30.8 Å². The largest absolute Gasteiger partial charge is 0.744 e. The zero-order valence-electron chi connectivity index (χ0n) is 21.1. The highest BCUT2D eigenvalue weighted by Gasteiger charge is 2.17. The molecule has 202 valence electrons. The van der Waals surface area contributed by atoms with Crippen LogP contribution in [0, 0.1) is 6.92 Å². The van der Waals surface area contributed by atoms with Crippen LogP contribution in [0.1, 0.15) is 15.9 Å². The van der Waals surface area contributed by atoms with Crippen LogP contribution in [0.15, 0.2) is 88.2 Å². The van der Waals surface area contributed by atoms with Crippen molar-refractivity contribution in [1.29, 1.82) is 0 Å². The first kappa shape index (κ1) is 28.0. The molecule has 2 heterocycles. The number of fused-ring (bicyclic) bond motifs is 2. The van der Waals surface area contributed by atoms with E-state index in [1.807, 2.05) is 54.6 Å². The average molecular weight is 654 g/mol. The van der Waals surface area contributed by atoms with Gasteiger partial charge in [0.15, 0.2) is 0 Å². The third kappa shape index (κ3) is 5.42. The van der Waals surface area contributed by atoms with Gasteiger partial charge in [-0.2, -0.15) is 0 Å². The lowest BCUT2D eigenvalue weighted by Crippen LogP contribution is -2.11. The van der Waals surface area contributed by atoms with E-state index in [9.17, 15) is 17.8 Å². The summed E-state index contributed by atoms with van der Waals surface area (Å²) in [6.07, 6.45) is 0.